The van der Waals surface area contributed by atoms with E-state index in [1.807, 2.05) is 13.0 Å². The fraction of sp³-hybridized carbons (Fsp3) is 0.667. The van der Waals surface area contributed by atoms with Crippen LogP contribution in [0.2, 0.25) is 0 Å². The van der Waals surface area contributed by atoms with Crippen LogP contribution in [0.1, 0.15) is 32.3 Å². The van der Waals surface area contributed by atoms with Gasteiger partial charge in [0, 0.05) is 31.7 Å². The van der Waals surface area contributed by atoms with Gasteiger partial charge in [-0.25, -0.2) is 0 Å². The predicted molar refractivity (Wildman–Crippen MR) is 88.6 cm³/mol. The van der Waals surface area contributed by atoms with Gasteiger partial charge in [-0.1, -0.05) is 6.07 Å². The Labute approximate surface area is 134 Å². The van der Waals surface area contributed by atoms with E-state index in [1.165, 1.54) is 38.0 Å². The Balaban J connectivity index is 1.69. The minimum atomic E-state index is 0.618. The summed E-state index contributed by atoms with van der Waals surface area (Å²) in [6, 6.07) is 7.71. The molecule has 0 aliphatic carbocycles. The molecule has 0 unspecified atom stereocenters. The first-order valence-corrected chi connectivity index (χ1v) is 8.49. The minimum absolute atomic E-state index is 0.618. The number of piperazine rings is 1. The van der Waals surface area contributed by atoms with Crippen molar-refractivity contribution < 1.29 is 9.47 Å². The van der Waals surface area contributed by atoms with Gasteiger partial charge in [-0.2, -0.15) is 0 Å². The van der Waals surface area contributed by atoms with E-state index in [0.29, 0.717) is 12.6 Å². The molecule has 1 aromatic rings. The summed E-state index contributed by atoms with van der Waals surface area (Å²) in [4.78, 5) is 5.28. The number of ether oxygens (including phenoxy) is 2. The third kappa shape index (κ3) is 3.23. The number of methoxy groups -OCH3 is 1. The Bertz CT molecular complexity index is 506. The van der Waals surface area contributed by atoms with Gasteiger partial charge < -0.3 is 9.47 Å². The third-order valence-electron chi connectivity index (χ3n) is 4.98. The SMILES string of the molecule is CCOc1ccc(CN2C[C@H]3CCCN3C[C@@H]2C)cc1OC. The van der Waals surface area contributed by atoms with Crippen molar-refractivity contribution in [2.45, 2.75) is 45.3 Å². The molecular weight excluding hydrogens is 276 g/mol. The van der Waals surface area contributed by atoms with Gasteiger partial charge in [-0.3, -0.25) is 9.80 Å². The van der Waals surface area contributed by atoms with Gasteiger partial charge in [-0.05, 0) is 50.9 Å². The first kappa shape index (κ1) is 15.6. The lowest BCUT2D eigenvalue weighted by Gasteiger charge is -2.42. The quantitative estimate of drug-likeness (QED) is 0.835. The zero-order valence-electron chi connectivity index (χ0n) is 14.0. The third-order valence-corrected chi connectivity index (χ3v) is 4.98. The summed E-state index contributed by atoms with van der Waals surface area (Å²) in [6.45, 7) is 9.69. The summed E-state index contributed by atoms with van der Waals surface area (Å²) in [7, 11) is 1.71. The predicted octanol–water partition coefficient (Wildman–Crippen LogP) is 2.76. The van der Waals surface area contributed by atoms with Gasteiger partial charge in [0.25, 0.3) is 0 Å². The van der Waals surface area contributed by atoms with Crippen molar-refractivity contribution in [2.24, 2.45) is 0 Å². The summed E-state index contributed by atoms with van der Waals surface area (Å²) in [5.41, 5.74) is 1.30. The van der Waals surface area contributed by atoms with Gasteiger partial charge in [0.05, 0.1) is 13.7 Å². The van der Waals surface area contributed by atoms with Crippen LogP contribution < -0.4 is 9.47 Å². The Morgan fingerprint density at radius 3 is 2.86 bits per heavy atom. The Kier molecular flexibility index (Phi) is 4.89. The van der Waals surface area contributed by atoms with Gasteiger partial charge in [0.2, 0.25) is 0 Å². The highest BCUT2D eigenvalue weighted by Gasteiger charge is 2.34. The van der Waals surface area contributed by atoms with Gasteiger partial charge in [0.1, 0.15) is 0 Å². The van der Waals surface area contributed by atoms with Crippen molar-refractivity contribution in [1.82, 2.24) is 9.80 Å². The molecule has 2 fully saturated rings. The monoisotopic (exact) mass is 304 g/mol. The largest absolute Gasteiger partial charge is 0.493 e. The number of nitrogens with zero attached hydrogens (tertiary/aromatic N) is 2. The lowest BCUT2D eigenvalue weighted by Crippen LogP contribution is -2.54. The second kappa shape index (κ2) is 6.88. The fourth-order valence-corrected chi connectivity index (χ4v) is 3.79. The summed E-state index contributed by atoms with van der Waals surface area (Å²) in [6.07, 6.45) is 2.72. The number of fused-ring (bicyclic) bond motifs is 1. The van der Waals surface area contributed by atoms with Crippen LogP contribution in [0.25, 0.3) is 0 Å². The zero-order valence-corrected chi connectivity index (χ0v) is 14.0. The first-order valence-electron chi connectivity index (χ1n) is 8.49. The van der Waals surface area contributed by atoms with Crippen LogP contribution in [0, 0.1) is 0 Å². The summed E-state index contributed by atoms with van der Waals surface area (Å²) < 4.78 is 11.1. The summed E-state index contributed by atoms with van der Waals surface area (Å²) >= 11 is 0. The molecule has 0 aromatic heterocycles. The van der Waals surface area contributed by atoms with E-state index in [1.54, 1.807) is 7.11 Å². The molecule has 2 aliphatic rings. The van der Waals surface area contributed by atoms with Crippen molar-refractivity contribution in [1.29, 1.82) is 0 Å². The standard InChI is InChI=1S/C18H28N2O2/c1-4-22-17-8-7-15(10-18(17)21-3)12-20-13-16-6-5-9-19(16)11-14(20)2/h7-8,10,14,16H,4-6,9,11-13H2,1-3H3/t14-,16+/m0/s1. The van der Waals surface area contributed by atoms with Crippen LogP contribution in [0.5, 0.6) is 11.5 Å². The van der Waals surface area contributed by atoms with Crippen LogP contribution >= 0.6 is 0 Å². The highest BCUT2D eigenvalue weighted by atomic mass is 16.5. The molecular formula is C18H28N2O2. The first-order chi connectivity index (χ1) is 10.7. The van der Waals surface area contributed by atoms with Gasteiger partial charge in [-0.15, -0.1) is 0 Å². The Hall–Kier alpha value is -1.26. The Morgan fingerprint density at radius 1 is 1.23 bits per heavy atom. The van der Waals surface area contributed by atoms with Gasteiger partial charge >= 0.3 is 0 Å². The molecule has 0 bridgehead atoms. The maximum absolute atomic E-state index is 5.61. The highest BCUT2D eigenvalue weighted by molar-refractivity contribution is 5.43. The molecule has 2 aliphatic heterocycles. The molecule has 122 valence electrons. The zero-order chi connectivity index (χ0) is 15.5. The van der Waals surface area contributed by atoms with Crippen LogP contribution in [0.4, 0.5) is 0 Å². The second-order valence-electron chi connectivity index (χ2n) is 6.49. The number of benzene rings is 1. The normalized spacial score (nSPS) is 26.0. The maximum atomic E-state index is 5.61. The molecule has 4 nitrogen and oxygen atoms in total. The van der Waals surface area contributed by atoms with Crippen molar-refractivity contribution in [3.63, 3.8) is 0 Å². The lowest BCUT2D eigenvalue weighted by molar-refractivity contribution is 0.0540. The molecule has 4 heteroatoms. The molecule has 2 heterocycles. The van der Waals surface area contributed by atoms with Crippen LogP contribution in [-0.2, 0) is 6.54 Å². The maximum Gasteiger partial charge on any atom is 0.161 e. The number of rotatable bonds is 5. The second-order valence-corrected chi connectivity index (χ2v) is 6.49. The molecule has 0 saturated carbocycles. The molecule has 0 radical (unpaired) electrons. The average Bonchev–Trinajstić information content (AvgIpc) is 2.96. The topological polar surface area (TPSA) is 24.9 Å². The van der Waals surface area contributed by atoms with Crippen LogP contribution in [0.3, 0.4) is 0 Å². The molecule has 1 aromatic carbocycles. The van der Waals surface area contributed by atoms with E-state index in [2.05, 4.69) is 28.9 Å². The smallest absolute Gasteiger partial charge is 0.161 e. The van der Waals surface area contributed by atoms with E-state index in [9.17, 15) is 0 Å². The molecule has 2 saturated heterocycles. The lowest BCUT2D eigenvalue weighted by atomic mass is 10.1. The van der Waals surface area contributed by atoms with Crippen molar-refractivity contribution >= 4 is 0 Å². The van der Waals surface area contributed by atoms with Gasteiger partial charge in [0.15, 0.2) is 11.5 Å². The van der Waals surface area contributed by atoms with E-state index >= 15 is 0 Å². The van der Waals surface area contributed by atoms with E-state index in [4.69, 9.17) is 9.47 Å². The molecule has 2 atom stereocenters. The minimum Gasteiger partial charge on any atom is -0.493 e. The summed E-state index contributed by atoms with van der Waals surface area (Å²) in [5, 5.41) is 0. The molecule has 3 rings (SSSR count). The van der Waals surface area contributed by atoms with Crippen molar-refractivity contribution in [3.8, 4) is 11.5 Å². The van der Waals surface area contributed by atoms with Crippen molar-refractivity contribution in [3.05, 3.63) is 23.8 Å². The number of hydrogen-bond donors (Lipinski definition) is 0. The average molecular weight is 304 g/mol. The van der Waals surface area contributed by atoms with Crippen LogP contribution in [0.15, 0.2) is 18.2 Å². The molecule has 0 amide bonds. The molecule has 0 spiro atoms. The van der Waals surface area contributed by atoms with E-state index in [0.717, 1.165) is 24.1 Å². The molecule has 22 heavy (non-hydrogen) atoms. The Morgan fingerprint density at radius 2 is 2.09 bits per heavy atom. The van der Waals surface area contributed by atoms with Crippen molar-refractivity contribution in [2.75, 3.05) is 33.4 Å². The summed E-state index contributed by atoms with van der Waals surface area (Å²) in [5.74, 6) is 1.67. The van der Waals surface area contributed by atoms with E-state index < -0.39 is 0 Å². The van der Waals surface area contributed by atoms with Crippen LogP contribution in [-0.4, -0.2) is 55.2 Å². The molecule has 0 N–H and O–H groups in total. The fourth-order valence-electron chi connectivity index (χ4n) is 3.79. The number of hydrogen-bond acceptors (Lipinski definition) is 4. The van der Waals surface area contributed by atoms with E-state index in [-0.39, 0.29) is 0 Å². The highest BCUT2D eigenvalue weighted by Crippen LogP contribution is 2.30.